The first-order chi connectivity index (χ1) is 10.1. The van der Waals surface area contributed by atoms with E-state index in [9.17, 15) is 9.59 Å². The first-order valence-corrected chi connectivity index (χ1v) is 8.12. The molecule has 1 aromatic rings. The topological polar surface area (TPSA) is 88.5 Å². The van der Waals surface area contributed by atoms with Gasteiger partial charge in [0.25, 0.3) is 5.91 Å². The number of aromatic nitrogens is 1. The number of nitrogens with zero attached hydrogens (tertiary/aromatic N) is 1. The van der Waals surface area contributed by atoms with Gasteiger partial charge in [0.2, 0.25) is 0 Å². The van der Waals surface area contributed by atoms with Crippen molar-refractivity contribution in [3.05, 3.63) is 16.1 Å². The summed E-state index contributed by atoms with van der Waals surface area (Å²) in [5, 5.41) is 14.5. The molecule has 7 heteroatoms. The Bertz CT molecular complexity index is 539. The molecule has 2 heterocycles. The second kappa shape index (κ2) is 6.11. The average molecular weight is 310 g/mol. The molecule has 2 fully saturated rings. The lowest BCUT2D eigenvalue weighted by atomic mass is 10.1. The maximum atomic E-state index is 12.2. The second-order valence-electron chi connectivity index (χ2n) is 5.59. The molecule has 1 unspecified atom stereocenters. The summed E-state index contributed by atoms with van der Waals surface area (Å²) >= 11 is 1.45. The monoisotopic (exact) mass is 310 g/mol. The fourth-order valence-electron chi connectivity index (χ4n) is 2.91. The second-order valence-corrected chi connectivity index (χ2v) is 6.48. The number of amides is 1. The largest absolute Gasteiger partial charge is 0.481 e. The summed E-state index contributed by atoms with van der Waals surface area (Å²) in [6.07, 6.45) is 3.86. The summed E-state index contributed by atoms with van der Waals surface area (Å²) in [6, 6.07) is -0.0634. The van der Waals surface area contributed by atoms with Crippen molar-refractivity contribution in [2.24, 2.45) is 5.92 Å². The van der Waals surface area contributed by atoms with Crippen LogP contribution in [0.4, 0.5) is 0 Å². The Kier molecular flexibility index (Phi) is 4.21. The van der Waals surface area contributed by atoms with E-state index < -0.39 is 5.97 Å². The lowest BCUT2D eigenvalue weighted by Crippen LogP contribution is -2.33. The number of rotatable bonds is 4. The van der Waals surface area contributed by atoms with Gasteiger partial charge in [-0.1, -0.05) is 0 Å². The Hall–Kier alpha value is -1.47. The summed E-state index contributed by atoms with van der Waals surface area (Å²) in [6.45, 7) is 0.754. The van der Waals surface area contributed by atoms with Crippen molar-refractivity contribution < 1.29 is 19.4 Å². The van der Waals surface area contributed by atoms with E-state index in [4.69, 9.17) is 9.84 Å². The number of carbonyl (C=O) groups excluding carboxylic acids is 1. The van der Waals surface area contributed by atoms with Crippen molar-refractivity contribution in [2.45, 2.75) is 44.2 Å². The number of ether oxygens (including phenoxy) is 1. The first-order valence-electron chi connectivity index (χ1n) is 7.24. The van der Waals surface area contributed by atoms with Crippen molar-refractivity contribution in [1.29, 1.82) is 0 Å². The number of aliphatic carboxylic acids is 1. The van der Waals surface area contributed by atoms with Gasteiger partial charge in [0.1, 0.15) is 16.8 Å². The van der Waals surface area contributed by atoms with E-state index in [2.05, 4.69) is 10.3 Å². The average Bonchev–Trinajstić information content (AvgIpc) is 3.19. The van der Waals surface area contributed by atoms with Crippen LogP contribution in [0, 0.1) is 5.92 Å². The number of hydrogen-bond donors (Lipinski definition) is 2. The van der Waals surface area contributed by atoms with Gasteiger partial charge in [-0.2, -0.15) is 0 Å². The van der Waals surface area contributed by atoms with Gasteiger partial charge < -0.3 is 15.2 Å². The third kappa shape index (κ3) is 3.24. The van der Waals surface area contributed by atoms with E-state index in [0.717, 1.165) is 24.5 Å². The van der Waals surface area contributed by atoms with E-state index in [-0.39, 0.29) is 24.0 Å². The van der Waals surface area contributed by atoms with Crippen LogP contribution in [-0.2, 0) is 9.53 Å². The zero-order valence-corrected chi connectivity index (χ0v) is 12.4. The van der Waals surface area contributed by atoms with Crippen molar-refractivity contribution in [3.63, 3.8) is 0 Å². The first kappa shape index (κ1) is 14.5. The van der Waals surface area contributed by atoms with Crippen molar-refractivity contribution >= 4 is 23.2 Å². The standard InChI is InChI=1S/C14H18N2O4S/c17-12(15-9-4-3-8(6-9)14(18)19)10-7-21-13(16-10)11-2-1-5-20-11/h7-9,11H,1-6H2,(H,15,17)(H,18,19)/t8-,9+,11?/m1/s1. The molecular formula is C14H18N2O4S. The molecule has 2 N–H and O–H groups in total. The third-order valence-corrected chi connectivity index (χ3v) is 5.01. The molecule has 1 amide bonds. The van der Waals surface area contributed by atoms with Gasteiger partial charge in [-0.3, -0.25) is 9.59 Å². The number of thiazole rings is 1. The van der Waals surface area contributed by atoms with Gasteiger partial charge in [-0.25, -0.2) is 4.98 Å². The van der Waals surface area contributed by atoms with Crippen LogP contribution in [0.15, 0.2) is 5.38 Å². The third-order valence-electron chi connectivity index (χ3n) is 4.08. The Balaban J connectivity index is 1.57. The van der Waals surface area contributed by atoms with Crippen LogP contribution in [0.1, 0.15) is 53.7 Å². The summed E-state index contributed by atoms with van der Waals surface area (Å²) in [5.74, 6) is -1.33. The van der Waals surface area contributed by atoms with Gasteiger partial charge in [-0.15, -0.1) is 11.3 Å². The molecule has 3 atom stereocenters. The van der Waals surface area contributed by atoms with Crippen LogP contribution in [0.5, 0.6) is 0 Å². The SMILES string of the molecule is O=C(N[C@H]1CC[C@@H](C(=O)O)C1)c1csc(C2CCCO2)n1. The zero-order valence-electron chi connectivity index (χ0n) is 11.6. The Morgan fingerprint density at radius 3 is 2.90 bits per heavy atom. The minimum atomic E-state index is -0.777. The van der Waals surface area contributed by atoms with Crippen LogP contribution < -0.4 is 5.32 Å². The Morgan fingerprint density at radius 2 is 2.24 bits per heavy atom. The van der Waals surface area contributed by atoms with Crippen molar-refractivity contribution in [3.8, 4) is 0 Å². The number of carboxylic acid groups (broad SMARTS) is 1. The van der Waals surface area contributed by atoms with Gasteiger partial charge in [0.05, 0.1) is 5.92 Å². The predicted octanol–water partition coefficient (Wildman–Crippen LogP) is 1.98. The molecule has 3 rings (SSSR count). The maximum absolute atomic E-state index is 12.2. The van der Waals surface area contributed by atoms with Gasteiger partial charge in [0.15, 0.2) is 0 Å². The molecule has 1 saturated carbocycles. The summed E-state index contributed by atoms with van der Waals surface area (Å²) in [7, 11) is 0. The highest BCUT2D eigenvalue weighted by Crippen LogP contribution is 2.31. The molecule has 0 spiro atoms. The molecule has 1 aliphatic heterocycles. The Morgan fingerprint density at radius 1 is 1.38 bits per heavy atom. The fraction of sp³-hybridized carbons (Fsp3) is 0.643. The number of carboxylic acids is 1. The lowest BCUT2D eigenvalue weighted by molar-refractivity contribution is -0.141. The highest BCUT2D eigenvalue weighted by Gasteiger charge is 2.31. The van der Waals surface area contributed by atoms with Gasteiger partial charge in [0, 0.05) is 18.0 Å². The fourth-order valence-corrected chi connectivity index (χ4v) is 3.79. The number of carbonyl (C=O) groups is 2. The molecule has 1 aromatic heterocycles. The van der Waals surface area contributed by atoms with Gasteiger partial charge >= 0.3 is 5.97 Å². The molecular weight excluding hydrogens is 292 g/mol. The van der Waals surface area contributed by atoms with Crippen LogP contribution in [-0.4, -0.2) is 34.6 Å². The van der Waals surface area contributed by atoms with E-state index in [0.29, 0.717) is 25.0 Å². The molecule has 1 aliphatic carbocycles. The van der Waals surface area contributed by atoms with Gasteiger partial charge in [-0.05, 0) is 32.1 Å². The minimum Gasteiger partial charge on any atom is -0.481 e. The quantitative estimate of drug-likeness (QED) is 0.887. The highest BCUT2D eigenvalue weighted by atomic mass is 32.1. The van der Waals surface area contributed by atoms with Crippen LogP contribution in [0.2, 0.25) is 0 Å². The molecule has 1 saturated heterocycles. The van der Waals surface area contributed by atoms with E-state index in [1.807, 2.05) is 0 Å². The smallest absolute Gasteiger partial charge is 0.306 e. The van der Waals surface area contributed by atoms with Crippen LogP contribution >= 0.6 is 11.3 Å². The summed E-state index contributed by atoms with van der Waals surface area (Å²) < 4.78 is 5.56. The van der Waals surface area contributed by atoms with Crippen molar-refractivity contribution in [1.82, 2.24) is 10.3 Å². The van der Waals surface area contributed by atoms with Crippen LogP contribution in [0.25, 0.3) is 0 Å². The molecule has 0 radical (unpaired) electrons. The van der Waals surface area contributed by atoms with E-state index >= 15 is 0 Å². The van der Waals surface area contributed by atoms with E-state index in [1.54, 1.807) is 5.38 Å². The minimum absolute atomic E-state index is 0.0272. The summed E-state index contributed by atoms with van der Waals surface area (Å²) in [5.41, 5.74) is 0.407. The molecule has 6 nitrogen and oxygen atoms in total. The normalized spacial score (nSPS) is 28.7. The summed E-state index contributed by atoms with van der Waals surface area (Å²) in [4.78, 5) is 27.4. The highest BCUT2D eigenvalue weighted by molar-refractivity contribution is 7.09. The number of nitrogens with one attached hydrogen (secondary N) is 1. The molecule has 21 heavy (non-hydrogen) atoms. The molecule has 0 bridgehead atoms. The van der Waals surface area contributed by atoms with E-state index in [1.165, 1.54) is 11.3 Å². The van der Waals surface area contributed by atoms with Crippen molar-refractivity contribution in [2.75, 3.05) is 6.61 Å². The Labute approximate surface area is 126 Å². The maximum Gasteiger partial charge on any atom is 0.306 e. The zero-order chi connectivity index (χ0) is 14.8. The molecule has 114 valence electrons. The lowest BCUT2D eigenvalue weighted by Gasteiger charge is -2.11. The molecule has 0 aromatic carbocycles. The predicted molar refractivity (Wildman–Crippen MR) is 76.3 cm³/mol. The number of hydrogen-bond acceptors (Lipinski definition) is 5. The molecule has 2 aliphatic rings. The van der Waals surface area contributed by atoms with Crippen LogP contribution in [0.3, 0.4) is 0 Å².